The molecule has 1 amide bonds. The standard InChI is InChI=1S/C17H16ClN3O3S/c1-11(2)20-17(22)13-5-8-15(18)16(9-13)21-25(23,24)14-6-3-12(10-19)4-7-14/h3-9,11,21H,1-2H3,(H,20,22). The Morgan fingerprint density at radius 1 is 1.16 bits per heavy atom. The monoisotopic (exact) mass is 377 g/mol. The molecule has 0 fully saturated rings. The molecule has 0 atom stereocenters. The molecule has 8 heteroatoms. The van der Waals surface area contributed by atoms with Crippen LogP contribution in [0.1, 0.15) is 29.8 Å². The van der Waals surface area contributed by atoms with Gasteiger partial charge in [-0.15, -0.1) is 0 Å². The SMILES string of the molecule is CC(C)NC(=O)c1ccc(Cl)c(NS(=O)(=O)c2ccc(C#N)cc2)c1. The Morgan fingerprint density at radius 3 is 2.36 bits per heavy atom. The number of benzene rings is 2. The van der Waals surface area contributed by atoms with Crippen LogP contribution in [-0.2, 0) is 10.0 Å². The summed E-state index contributed by atoms with van der Waals surface area (Å²) in [5.74, 6) is -0.328. The number of halogens is 1. The smallest absolute Gasteiger partial charge is 0.261 e. The van der Waals surface area contributed by atoms with Gasteiger partial charge in [0.05, 0.1) is 27.2 Å². The Labute approximate surface area is 151 Å². The Bertz CT molecular complexity index is 933. The van der Waals surface area contributed by atoms with Gasteiger partial charge in [-0.2, -0.15) is 5.26 Å². The fourth-order valence-electron chi connectivity index (χ4n) is 2.00. The van der Waals surface area contributed by atoms with Gasteiger partial charge < -0.3 is 5.32 Å². The first kappa shape index (κ1) is 18.8. The molecule has 0 saturated carbocycles. The highest BCUT2D eigenvalue weighted by Gasteiger charge is 2.17. The van der Waals surface area contributed by atoms with Crippen molar-refractivity contribution in [3.8, 4) is 6.07 Å². The Balaban J connectivity index is 2.31. The van der Waals surface area contributed by atoms with E-state index in [9.17, 15) is 13.2 Å². The predicted octanol–water partition coefficient (Wildman–Crippen LogP) is 3.15. The fraction of sp³-hybridized carbons (Fsp3) is 0.176. The molecule has 0 aliphatic heterocycles. The summed E-state index contributed by atoms with van der Waals surface area (Å²) in [5, 5.41) is 11.7. The van der Waals surface area contributed by atoms with Crippen LogP contribution in [0.3, 0.4) is 0 Å². The molecule has 2 rings (SSSR count). The number of nitriles is 1. The largest absolute Gasteiger partial charge is 0.350 e. The minimum absolute atomic E-state index is 0.0143. The van der Waals surface area contributed by atoms with Gasteiger partial charge in [-0.3, -0.25) is 9.52 Å². The Morgan fingerprint density at radius 2 is 1.80 bits per heavy atom. The fourth-order valence-corrected chi connectivity index (χ4v) is 3.29. The zero-order valence-corrected chi connectivity index (χ0v) is 15.1. The number of carbonyl (C=O) groups is 1. The summed E-state index contributed by atoms with van der Waals surface area (Å²) >= 11 is 6.05. The molecule has 130 valence electrons. The molecule has 6 nitrogen and oxygen atoms in total. The van der Waals surface area contributed by atoms with Crippen molar-refractivity contribution < 1.29 is 13.2 Å². The number of nitrogens with one attached hydrogen (secondary N) is 2. The van der Waals surface area contributed by atoms with Gasteiger partial charge in [-0.1, -0.05) is 11.6 Å². The van der Waals surface area contributed by atoms with Crippen molar-refractivity contribution in [3.63, 3.8) is 0 Å². The lowest BCUT2D eigenvalue weighted by Gasteiger charge is -2.12. The second kappa shape index (κ2) is 7.55. The van der Waals surface area contributed by atoms with Crippen molar-refractivity contribution in [2.75, 3.05) is 4.72 Å². The molecule has 0 heterocycles. The third-order valence-corrected chi connectivity index (χ3v) is 4.90. The number of amides is 1. The minimum atomic E-state index is -3.90. The number of sulfonamides is 1. The van der Waals surface area contributed by atoms with E-state index < -0.39 is 10.0 Å². The Kier molecular flexibility index (Phi) is 5.67. The van der Waals surface area contributed by atoms with Crippen LogP contribution in [0.4, 0.5) is 5.69 Å². The second-order valence-corrected chi connectivity index (χ2v) is 7.65. The molecule has 0 aliphatic carbocycles. The third-order valence-electron chi connectivity index (χ3n) is 3.19. The summed E-state index contributed by atoms with van der Waals surface area (Å²) in [6, 6.07) is 11.7. The number of nitrogens with zero attached hydrogens (tertiary/aromatic N) is 1. The van der Waals surface area contributed by atoms with E-state index in [4.69, 9.17) is 16.9 Å². The van der Waals surface area contributed by atoms with E-state index in [1.165, 1.54) is 42.5 Å². The number of hydrogen-bond donors (Lipinski definition) is 2. The highest BCUT2D eigenvalue weighted by atomic mass is 35.5. The minimum Gasteiger partial charge on any atom is -0.350 e. The van der Waals surface area contributed by atoms with E-state index in [1.807, 2.05) is 19.9 Å². The van der Waals surface area contributed by atoms with Crippen molar-refractivity contribution in [1.82, 2.24) is 5.32 Å². The van der Waals surface area contributed by atoms with Crippen LogP contribution in [0.15, 0.2) is 47.4 Å². The third kappa shape index (κ3) is 4.72. The first-order valence-corrected chi connectivity index (χ1v) is 9.22. The van der Waals surface area contributed by atoms with E-state index in [0.29, 0.717) is 5.56 Å². The zero-order chi connectivity index (χ0) is 18.6. The molecule has 0 aliphatic rings. The quantitative estimate of drug-likeness (QED) is 0.835. The van der Waals surface area contributed by atoms with E-state index in [2.05, 4.69) is 10.0 Å². The zero-order valence-electron chi connectivity index (χ0n) is 13.6. The molecule has 0 saturated heterocycles. The number of rotatable bonds is 5. The van der Waals surface area contributed by atoms with Gasteiger partial charge >= 0.3 is 0 Å². The first-order valence-electron chi connectivity index (χ1n) is 7.36. The van der Waals surface area contributed by atoms with Crippen molar-refractivity contribution in [2.45, 2.75) is 24.8 Å². The molecule has 2 aromatic carbocycles. The van der Waals surface area contributed by atoms with Crippen molar-refractivity contribution >= 4 is 33.2 Å². The van der Waals surface area contributed by atoms with Crippen LogP contribution in [0.5, 0.6) is 0 Å². The summed E-state index contributed by atoms with van der Waals surface area (Å²) in [4.78, 5) is 12.0. The van der Waals surface area contributed by atoms with Crippen LogP contribution in [0, 0.1) is 11.3 Å². The first-order chi connectivity index (χ1) is 11.7. The maximum Gasteiger partial charge on any atom is 0.261 e. The van der Waals surface area contributed by atoms with Crippen LogP contribution in [-0.4, -0.2) is 20.4 Å². The molecular formula is C17H16ClN3O3S. The molecule has 0 aromatic heterocycles. The van der Waals surface area contributed by atoms with Crippen molar-refractivity contribution in [1.29, 1.82) is 5.26 Å². The highest BCUT2D eigenvalue weighted by molar-refractivity contribution is 7.92. The predicted molar refractivity (Wildman–Crippen MR) is 96.0 cm³/mol. The van der Waals surface area contributed by atoms with Gasteiger partial charge in [0.25, 0.3) is 15.9 Å². The van der Waals surface area contributed by atoms with E-state index in [0.717, 1.165) is 0 Å². The lowest BCUT2D eigenvalue weighted by atomic mass is 10.2. The summed E-state index contributed by atoms with van der Waals surface area (Å²) < 4.78 is 27.3. The van der Waals surface area contributed by atoms with Gasteiger partial charge in [-0.25, -0.2) is 8.42 Å². The van der Waals surface area contributed by atoms with Crippen molar-refractivity contribution in [3.05, 3.63) is 58.6 Å². The molecular weight excluding hydrogens is 362 g/mol. The summed E-state index contributed by atoms with van der Waals surface area (Å²) in [6.07, 6.45) is 0. The van der Waals surface area contributed by atoms with E-state index in [1.54, 1.807) is 0 Å². The molecule has 25 heavy (non-hydrogen) atoms. The van der Waals surface area contributed by atoms with Crippen LogP contribution in [0.2, 0.25) is 5.02 Å². The number of hydrogen-bond acceptors (Lipinski definition) is 4. The van der Waals surface area contributed by atoms with Gasteiger partial charge in [0.15, 0.2) is 0 Å². The van der Waals surface area contributed by atoms with E-state index in [-0.39, 0.29) is 33.1 Å². The van der Waals surface area contributed by atoms with Gasteiger partial charge in [0.1, 0.15) is 0 Å². The lowest BCUT2D eigenvalue weighted by Crippen LogP contribution is -2.30. The summed E-state index contributed by atoms with van der Waals surface area (Å²) in [6.45, 7) is 3.64. The molecule has 0 bridgehead atoms. The van der Waals surface area contributed by atoms with Crippen LogP contribution in [0.25, 0.3) is 0 Å². The number of anilines is 1. The van der Waals surface area contributed by atoms with E-state index >= 15 is 0 Å². The highest BCUT2D eigenvalue weighted by Crippen LogP contribution is 2.26. The van der Waals surface area contributed by atoms with Crippen LogP contribution < -0.4 is 10.0 Å². The van der Waals surface area contributed by atoms with Crippen molar-refractivity contribution in [2.24, 2.45) is 0 Å². The average molecular weight is 378 g/mol. The number of carbonyl (C=O) groups excluding carboxylic acids is 1. The topological polar surface area (TPSA) is 99.1 Å². The average Bonchev–Trinajstić information content (AvgIpc) is 2.56. The van der Waals surface area contributed by atoms with Crippen LogP contribution >= 0.6 is 11.6 Å². The lowest BCUT2D eigenvalue weighted by molar-refractivity contribution is 0.0943. The molecule has 0 spiro atoms. The maximum atomic E-state index is 12.5. The second-order valence-electron chi connectivity index (χ2n) is 5.56. The Hall–Kier alpha value is -2.56. The molecule has 0 unspecified atom stereocenters. The summed E-state index contributed by atoms with van der Waals surface area (Å²) in [5.41, 5.74) is 0.738. The molecule has 2 aromatic rings. The molecule has 0 radical (unpaired) electrons. The maximum absolute atomic E-state index is 12.5. The normalized spacial score (nSPS) is 11.0. The van der Waals surface area contributed by atoms with Gasteiger partial charge in [0.2, 0.25) is 0 Å². The summed E-state index contributed by atoms with van der Waals surface area (Å²) in [7, 11) is -3.90. The van der Waals surface area contributed by atoms with Gasteiger partial charge in [0, 0.05) is 11.6 Å². The molecule has 2 N–H and O–H groups in total. The van der Waals surface area contributed by atoms with Gasteiger partial charge in [-0.05, 0) is 56.3 Å².